The summed E-state index contributed by atoms with van der Waals surface area (Å²) in [5, 5.41) is 32.0. The fraction of sp³-hybridized carbons (Fsp3) is 0.500. The first-order chi connectivity index (χ1) is 9.15. The number of aromatic hydroxyl groups is 1. The minimum absolute atomic E-state index is 0.112. The number of benzene rings is 1. The van der Waals surface area contributed by atoms with Crippen LogP contribution in [0.5, 0.6) is 11.5 Å². The van der Waals surface area contributed by atoms with Gasteiger partial charge in [0, 0.05) is 0 Å². The lowest BCUT2D eigenvalue weighted by Crippen LogP contribution is -2.33. The molecular weight excluding hydrogens is 268 g/mol. The second kappa shape index (κ2) is 4.32. The van der Waals surface area contributed by atoms with Gasteiger partial charge >= 0.3 is 11.4 Å². The maximum absolute atomic E-state index is 11.1. The van der Waals surface area contributed by atoms with E-state index in [2.05, 4.69) is 0 Å². The maximum atomic E-state index is 11.1. The highest BCUT2D eigenvalue weighted by Crippen LogP contribution is 2.50. The molecule has 1 heterocycles. The van der Waals surface area contributed by atoms with Gasteiger partial charge in [0.05, 0.1) is 21.0 Å². The number of nitrogens with zero attached hydrogens (tertiary/aromatic N) is 2. The molecule has 108 valence electrons. The molecule has 0 saturated carbocycles. The number of phenolic OH excluding ortho intramolecular Hbond substituents is 1. The molecule has 0 atom stereocenters. The van der Waals surface area contributed by atoms with Gasteiger partial charge in [-0.3, -0.25) is 20.2 Å². The van der Waals surface area contributed by atoms with Crippen molar-refractivity contribution in [2.75, 3.05) is 0 Å². The molecule has 2 rings (SSSR count). The van der Waals surface area contributed by atoms with Gasteiger partial charge < -0.3 is 9.84 Å². The minimum Gasteiger partial charge on any atom is -0.497 e. The first kappa shape index (κ1) is 14.0. The average molecular weight is 282 g/mol. The topological polar surface area (TPSA) is 116 Å². The van der Waals surface area contributed by atoms with Gasteiger partial charge in [-0.05, 0) is 33.6 Å². The summed E-state index contributed by atoms with van der Waals surface area (Å²) in [7, 11) is 0. The summed E-state index contributed by atoms with van der Waals surface area (Å²) >= 11 is 0. The van der Waals surface area contributed by atoms with E-state index in [1.165, 1.54) is 6.92 Å². The van der Waals surface area contributed by atoms with Gasteiger partial charge in [0.1, 0.15) is 11.4 Å². The van der Waals surface area contributed by atoms with Crippen LogP contribution in [0.4, 0.5) is 11.4 Å². The molecule has 1 aromatic rings. The van der Waals surface area contributed by atoms with Crippen molar-refractivity contribution in [1.82, 2.24) is 0 Å². The van der Waals surface area contributed by atoms with Crippen LogP contribution in [0.2, 0.25) is 0 Å². The minimum atomic E-state index is -0.903. The molecule has 0 bridgehead atoms. The summed E-state index contributed by atoms with van der Waals surface area (Å²) < 4.78 is 5.67. The van der Waals surface area contributed by atoms with Crippen molar-refractivity contribution in [2.24, 2.45) is 0 Å². The van der Waals surface area contributed by atoms with Gasteiger partial charge in [-0.1, -0.05) is 0 Å². The van der Waals surface area contributed by atoms with Crippen molar-refractivity contribution in [3.63, 3.8) is 0 Å². The molecule has 0 amide bonds. The molecule has 0 spiro atoms. The van der Waals surface area contributed by atoms with E-state index in [0.29, 0.717) is 12.8 Å². The van der Waals surface area contributed by atoms with Crippen LogP contribution < -0.4 is 4.74 Å². The van der Waals surface area contributed by atoms with Crippen molar-refractivity contribution in [2.45, 2.75) is 39.2 Å². The Bertz CT molecular complexity index is 623. The number of nitro benzene ring substituents is 2. The fourth-order valence-corrected chi connectivity index (χ4v) is 2.42. The molecule has 0 unspecified atom stereocenters. The highest BCUT2D eigenvalue weighted by Gasteiger charge is 2.40. The fourth-order valence-electron chi connectivity index (χ4n) is 2.42. The van der Waals surface area contributed by atoms with Gasteiger partial charge in [0.2, 0.25) is 0 Å². The standard InChI is InChI=1S/C12H14N2O6/c1-6-8(13(16)17)10(15)9(14(18)19)7-4-5-12(2,3)20-11(6)7/h15H,4-5H2,1-3H3. The Balaban J connectivity index is 2.82. The Morgan fingerprint density at radius 2 is 1.75 bits per heavy atom. The molecule has 0 radical (unpaired) electrons. The number of fused-ring (bicyclic) bond motifs is 1. The molecule has 1 aromatic carbocycles. The molecule has 0 fully saturated rings. The zero-order valence-corrected chi connectivity index (χ0v) is 11.3. The second-order valence-corrected chi connectivity index (χ2v) is 5.35. The van der Waals surface area contributed by atoms with Crippen molar-refractivity contribution in [3.05, 3.63) is 31.4 Å². The van der Waals surface area contributed by atoms with Crippen LogP contribution >= 0.6 is 0 Å². The summed E-state index contributed by atoms with van der Waals surface area (Å²) in [6, 6.07) is 0. The third-order valence-corrected chi connectivity index (χ3v) is 3.42. The Kier molecular flexibility index (Phi) is 3.04. The summed E-state index contributed by atoms with van der Waals surface area (Å²) in [6.45, 7) is 5.03. The maximum Gasteiger partial charge on any atom is 0.324 e. The van der Waals surface area contributed by atoms with Crippen LogP contribution in [0.1, 0.15) is 31.4 Å². The first-order valence-electron chi connectivity index (χ1n) is 6.02. The molecular formula is C12H14N2O6. The van der Waals surface area contributed by atoms with E-state index >= 15 is 0 Å². The molecule has 1 aliphatic rings. The number of rotatable bonds is 2. The van der Waals surface area contributed by atoms with Crippen molar-refractivity contribution < 1.29 is 19.7 Å². The molecule has 20 heavy (non-hydrogen) atoms. The second-order valence-electron chi connectivity index (χ2n) is 5.35. The number of ether oxygens (including phenoxy) is 1. The molecule has 1 N–H and O–H groups in total. The molecule has 0 aromatic heterocycles. The lowest BCUT2D eigenvalue weighted by atomic mass is 9.91. The smallest absolute Gasteiger partial charge is 0.324 e. The van der Waals surface area contributed by atoms with Crippen molar-refractivity contribution >= 4 is 11.4 Å². The van der Waals surface area contributed by atoms with E-state index < -0.39 is 32.6 Å². The van der Waals surface area contributed by atoms with Crippen molar-refractivity contribution in [3.8, 4) is 11.5 Å². The SMILES string of the molecule is Cc1c2c(c([N+](=O)[O-])c(O)c1[N+](=O)[O-])CCC(C)(C)O2. The quantitative estimate of drug-likeness (QED) is 0.658. The molecule has 8 nitrogen and oxygen atoms in total. The Hall–Kier alpha value is -2.38. The Morgan fingerprint density at radius 1 is 1.20 bits per heavy atom. The van der Waals surface area contributed by atoms with Crippen LogP contribution in [0, 0.1) is 27.2 Å². The molecule has 1 aliphatic heterocycles. The van der Waals surface area contributed by atoms with Gasteiger partial charge in [-0.2, -0.15) is 0 Å². The van der Waals surface area contributed by atoms with Crippen LogP contribution in [-0.4, -0.2) is 20.6 Å². The zero-order valence-electron chi connectivity index (χ0n) is 11.3. The van der Waals surface area contributed by atoms with E-state index in [-0.39, 0.29) is 16.9 Å². The summed E-state index contributed by atoms with van der Waals surface area (Å²) in [5.74, 6) is -0.767. The predicted molar refractivity (Wildman–Crippen MR) is 69.2 cm³/mol. The normalized spacial score (nSPS) is 16.1. The van der Waals surface area contributed by atoms with Crippen LogP contribution in [0.15, 0.2) is 0 Å². The van der Waals surface area contributed by atoms with Gasteiger partial charge in [-0.15, -0.1) is 0 Å². The monoisotopic (exact) mass is 282 g/mol. The van der Waals surface area contributed by atoms with Crippen LogP contribution in [-0.2, 0) is 6.42 Å². The number of nitro groups is 2. The van der Waals surface area contributed by atoms with Crippen LogP contribution in [0.25, 0.3) is 0 Å². The molecule has 0 saturated heterocycles. The number of hydrogen-bond donors (Lipinski definition) is 1. The van der Waals surface area contributed by atoms with E-state index in [1.807, 2.05) is 0 Å². The third kappa shape index (κ3) is 2.02. The third-order valence-electron chi connectivity index (χ3n) is 3.42. The average Bonchev–Trinajstić information content (AvgIpc) is 2.28. The molecule has 8 heteroatoms. The summed E-state index contributed by atoms with van der Waals surface area (Å²) in [6.07, 6.45) is 0.850. The number of hydrogen-bond acceptors (Lipinski definition) is 6. The summed E-state index contributed by atoms with van der Waals surface area (Å²) in [5.41, 5.74) is -1.53. The lowest BCUT2D eigenvalue weighted by Gasteiger charge is -2.33. The Labute approximate surface area is 114 Å². The van der Waals surface area contributed by atoms with Crippen molar-refractivity contribution in [1.29, 1.82) is 0 Å². The van der Waals surface area contributed by atoms with E-state index in [0.717, 1.165) is 0 Å². The molecule has 0 aliphatic carbocycles. The van der Waals surface area contributed by atoms with Gasteiger partial charge in [0.15, 0.2) is 0 Å². The van der Waals surface area contributed by atoms with Gasteiger partial charge in [-0.25, -0.2) is 0 Å². The highest BCUT2D eigenvalue weighted by atomic mass is 16.6. The predicted octanol–water partition coefficient (Wildman–Crippen LogP) is 2.62. The van der Waals surface area contributed by atoms with E-state index in [1.54, 1.807) is 13.8 Å². The van der Waals surface area contributed by atoms with Crippen LogP contribution in [0.3, 0.4) is 0 Å². The van der Waals surface area contributed by atoms with Gasteiger partial charge in [0.25, 0.3) is 5.75 Å². The van der Waals surface area contributed by atoms with E-state index in [9.17, 15) is 25.3 Å². The first-order valence-corrected chi connectivity index (χ1v) is 6.02. The number of phenols is 1. The highest BCUT2D eigenvalue weighted by molar-refractivity contribution is 5.72. The zero-order chi connectivity index (χ0) is 15.2. The largest absolute Gasteiger partial charge is 0.497 e. The Morgan fingerprint density at radius 3 is 2.25 bits per heavy atom. The lowest BCUT2D eigenvalue weighted by molar-refractivity contribution is -0.397. The summed E-state index contributed by atoms with van der Waals surface area (Å²) in [4.78, 5) is 20.5. The van der Waals surface area contributed by atoms with E-state index in [4.69, 9.17) is 4.74 Å².